The summed E-state index contributed by atoms with van der Waals surface area (Å²) >= 11 is 1.70. The Morgan fingerprint density at radius 3 is 2.39 bits per heavy atom. The maximum absolute atomic E-state index is 4.54. The van der Waals surface area contributed by atoms with Gasteiger partial charge in [0.15, 0.2) is 5.96 Å². The number of aromatic nitrogens is 1. The summed E-state index contributed by atoms with van der Waals surface area (Å²) in [5, 5.41) is 10.8. The van der Waals surface area contributed by atoms with Crippen LogP contribution < -0.4 is 15.5 Å². The molecule has 23 heavy (non-hydrogen) atoms. The van der Waals surface area contributed by atoms with Gasteiger partial charge in [-0.3, -0.25) is 4.99 Å². The van der Waals surface area contributed by atoms with Crippen LogP contribution in [0.4, 0.5) is 5.82 Å². The average Bonchev–Trinajstić information content (AvgIpc) is 3.11. The lowest BCUT2D eigenvalue weighted by Gasteiger charge is -2.19. The third-order valence-corrected chi connectivity index (χ3v) is 4.35. The van der Waals surface area contributed by atoms with Gasteiger partial charge in [-0.15, -0.1) is 0 Å². The lowest BCUT2D eigenvalue weighted by atomic mass is 10.2. The van der Waals surface area contributed by atoms with E-state index in [1.807, 2.05) is 6.20 Å². The van der Waals surface area contributed by atoms with Crippen molar-refractivity contribution in [3.05, 3.63) is 46.3 Å². The van der Waals surface area contributed by atoms with Gasteiger partial charge >= 0.3 is 0 Å². The smallest absolute Gasteiger partial charge is 0.191 e. The molecule has 0 aliphatic heterocycles. The molecular formula is C17H25N5S. The number of hydrogen-bond donors (Lipinski definition) is 2. The molecule has 0 radical (unpaired) electrons. The van der Waals surface area contributed by atoms with E-state index in [0.29, 0.717) is 6.54 Å². The summed E-state index contributed by atoms with van der Waals surface area (Å²) in [4.78, 5) is 11.0. The molecule has 2 aromatic heterocycles. The lowest BCUT2D eigenvalue weighted by molar-refractivity contribution is 0.804. The van der Waals surface area contributed by atoms with E-state index in [9.17, 15) is 0 Å². The molecule has 2 heterocycles. The maximum Gasteiger partial charge on any atom is 0.191 e. The number of nitrogens with zero attached hydrogens (tertiary/aromatic N) is 3. The molecule has 0 aliphatic rings. The molecule has 124 valence electrons. The molecule has 0 spiro atoms. The van der Waals surface area contributed by atoms with Gasteiger partial charge in [-0.1, -0.05) is 6.07 Å². The Bertz CT molecular complexity index is 588. The molecule has 6 heteroatoms. The Morgan fingerprint density at radius 2 is 1.87 bits per heavy atom. The van der Waals surface area contributed by atoms with Gasteiger partial charge in [0.25, 0.3) is 0 Å². The van der Waals surface area contributed by atoms with Crippen molar-refractivity contribution >= 4 is 23.1 Å². The quantitative estimate of drug-likeness (QED) is 0.605. The number of anilines is 1. The number of nitrogens with one attached hydrogen (secondary N) is 2. The summed E-state index contributed by atoms with van der Waals surface area (Å²) in [6.07, 6.45) is 1.92. The van der Waals surface area contributed by atoms with Crippen LogP contribution in [0.2, 0.25) is 0 Å². The largest absolute Gasteiger partial charge is 0.357 e. The van der Waals surface area contributed by atoms with Crippen molar-refractivity contribution in [2.24, 2.45) is 4.99 Å². The van der Waals surface area contributed by atoms with Gasteiger partial charge in [0.2, 0.25) is 0 Å². The zero-order valence-electron chi connectivity index (χ0n) is 14.0. The number of guanidine groups is 1. The highest BCUT2D eigenvalue weighted by atomic mass is 32.1. The van der Waals surface area contributed by atoms with Crippen molar-refractivity contribution < 1.29 is 0 Å². The summed E-state index contributed by atoms with van der Waals surface area (Å²) < 4.78 is 0. The van der Waals surface area contributed by atoms with Gasteiger partial charge in [-0.05, 0) is 47.9 Å². The first-order valence-electron chi connectivity index (χ1n) is 7.92. The van der Waals surface area contributed by atoms with Crippen molar-refractivity contribution in [3.8, 4) is 0 Å². The van der Waals surface area contributed by atoms with Crippen LogP contribution in [0.15, 0.2) is 40.1 Å². The summed E-state index contributed by atoms with van der Waals surface area (Å²) in [6, 6.07) is 6.30. The van der Waals surface area contributed by atoms with Crippen LogP contribution in [-0.2, 0) is 13.1 Å². The molecule has 2 aromatic rings. The summed E-state index contributed by atoms with van der Waals surface area (Å²) in [5.41, 5.74) is 2.41. The fraction of sp³-hybridized carbons (Fsp3) is 0.412. The fourth-order valence-corrected chi connectivity index (χ4v) is 2.91. The Hall–Kier alpha value is -2.08. The van der Waals surface area contributed by atoms with E-state index in [1.54, 1.807) is 18.4 Å². The maximum atomic E-state index is 4.54. The van der Waals surface area contributed by atoms with E-state index in [1.165, 1.54) is 5.56 Å². The molecule has 0 atom stereocenters. The van der Waals surface area contributed by atoms with Crippen molar-refractivity contribution in [3.63, 3.8) is 0 Å². The summed E-state index contributed by atoms with van der Waals surface area (Å²) in [7, 11) is 1.78. The number of thiophene rings is 1. The van der Waals surface area contributed by atoms with E-state index in [0.717, 1.165) is 37.0 Å². The second kappa shape index (κ2) is 9.15. The first-order valence-corrected chi connectivity index (χ1v) is 8.86. The molecule has 0 saturated carbocycles. The Kier molecular flexibility index (Phi) is 6.87. The van der Waals surface area contributed by atoms with E-state index in [4.69, 9.17) is 0 Å². The first kappa shape index (κ1) is 17.3. The predicted molar refractivity (Wildman–Crippen MR) is 99.2 cm³/mol. The van der Waals surface area contributed by atoms with Crippen LogP contribution in [-0.4, -0.2) is 31.1 Å². The minimum atomic E-state index is 0.703. The van der Waals surface area contributed by atoms with Crippen LogP contribution in [0.1, 0.15) is 25.0 Å². The Labute approximate surface area is 142 Å². The molecule has 0 fully saturated rings. The van der Waals surface area contributed by atoms with Gasteiger partial charge in [0, 0.05) is 39.4 Å². The third kappa shape index (κ3) is 5.25. The molecule has 0 bridgehead atoms. The molecule has 5 nitrogen and oxygen atoms in total. The van der Waals surface area contributed by atoms with Crippen molar-refractivity contribution in [2.75, 3.05) is 25.0 Å². The van der Waals surface area contributed by atoms with Crippen molar-refractivity contribution in [2.45, 2.75) is 26.9 Å². The highest BCUT2D eigenvalue weighted by Gasteiger charge is 2.04. The van der Waals surface area contributed by atoms with E-state index >= 15 is 0 Å². The SMILES string of the molecule is CCN(CC)c1ccc(CNC(=NC)NCc2ccsc2)cn1. The van der Waals surface area contributed by atoms with Crippen LogP contribution in [0.5, 0.6) is 0 Å². The van der Waals surface area contributed by atoms with E-state index < -0.39 is 0 Å². The molecule has 0 amide bonds. The van der Waals surface area contributed by atoms with E-state index in [-0.39, 0.29) is 0 Å². The predicted octanol–water partition coefficient (Wildman–Crippen LogP) is 2.85. The summed E-state index contributed by atoms with van der Waals surface area (Å²) in [6.45, 7) is 7.71. The van der Waals surface area contributed by atoms with Gasteiger partial charge in [-0.2, -0.15) is 11.3 Å². The van der Waals surface area contributed by atoms with Gasteiger partial charge in [0.1, 0.15) is 5.82 Å². The lowest BCUT2D eigenvalue weighted by Crippen LogP contribution is -2.36. The molecule has 0 aromatic carbocycles. The molecule has 2 N–H and O–H groups in total. The Balaban J connectivity index is 1.84. The zero-order chi connectivity index (χ0) is 16.5. The summed E-state index contributed by atoms with van der Waals surface area (Å²) in [5.74, 6) is 1.82. The van der Waals surface area contributed by atoms with Crippen LogP contribution >= 0.6 is 11.3 Å². The van der Waals surface area contributed by atoms with Gasteiger partial charge in [0.05, 0.1) is 0 Å². The number of hydrogen-bond acceptors (Lipinski definition) is 4. The second-order valence-corrected chi connectivity index (χ2v) is 5.89. The number of pyridine rings is 1. The topological polar surface area (TPSA) is 52.5 Å². The third-order valence-electron chi connectivity index (χ3n) is 3.62. The van der Waals surface area contributed by atoms with Crippen molar-refractivity contribution in [1.29, 1.82) is 0 Å². The molecule has 0 unspecified atom stereocenters. The molecule has 0 aliphatic carbocycles. The highest BCUT2D eigenvalue weighted by molar-refractivity contribution is 7.07. The molecule has 0 saturated heterocycles. The van der Waals surface area contributed by atoms with Crippen molar-refractivity contribution in [1.82, 2.24) is 15.6 Å². The average molecular weight is 331 g/mol. The van der Waals surface area contributed by atoms with Gasteiger partial charge < -0.3 is 15.5 Å². The normalized spacial score (nSPS) is 11.3. The minimum absolute atomic E-state index is 0.703. The second-order valence-electron chi connectivity index (χ2n) is 5.11. The van der Waals surface area contributed by atoms with Crippen LogP contribution in [0.3, 0.4) is 0 Å². The highest BCUT2D eigenvalue weighted by Crippen LogP contribution is 2.10. The fourth-order valence-electron chi connectivity index (χ4n) is 2.24. The molecular weight excluding hydrogens is 306 g/mol. The van der Waals surface area contributed by atoms with Crippen LogP contribution in [0, 0.1) is 0 Å². The number of rotatable bonds is 7. The minimum Gasteiger partial charge on any atom is -0.357 e. The first-order chi connectivity index (χ1) is 11.3. The van der Waals surface area contributed by atoms with Crippen LogP contribution in [0.25, 0.3) is 0 Å². The zero-order valence-corrected chi connectivity index (χ0v) is 14.9. The monoisotopic (exact) mass is 331 g/mol. The number of aliphatic imine (C=N–C) groups is 1. The Morgan fingerprint density at radius 1 is 1.13 bits per heavy atom. The molecule has 2 rings (SSSR count). The van der Waals surface area contributed by atoms with E-state index in [2.05, 4.69) is 68.3 Å². The standard InChI is InChI=1S/C17H25N5S/c1-4-22(5-2)16-7-6-14(10-19-16)11-20-17(18-3)21-12-15-8-9-23-13-15/h6-10,13H,4-5,11-12H2,1-3H3,(H2,18,20,21). The van der Waals surface area contributed by atoms with Gasteiger partial charge in [-0.25, -0.2) is 4.98 Å².